The van der Waals surface area contributed by atoms with Crippen LogP contribution in [0.15, 0.2) is 42.2 Å². The molecule has 3 aliphatic rings. The van der Waals surface area contributed by atoms with E-state index >= 15 is 0 Å². The van der Waals surface area contributed by atoms with E-state index in [1.807, 2.05) is 35.2 Å². The first-order chi connectivity index (χ1) is 13.2. The van der Waals surface area contributed by atoms with E-state index in [1.54, 1.807) is 12.3 Å². The largest absolute Gasteiger partial charge is 0.464 e. The summed E-state index contributed by atoms with van der Waals surface area (Å²) in [7, 11) is 1.52. The number of amides is 2. The molecule has 1 aliphatic carbocycles. The van der Waals surface area contributed by atoms with E-state index in [2.05, 4.69) is 5.32 Å². The minimum atomic E-state index is -0.136. The molecule has 0 bridgehead atoms. The highest BCUT2D eigenvalue weighted by molar-refractivity contribution is 6.01. The predicted molar refractivity (Wildman–Crippen MR) is 101 cm³/mol. The molecule has 0 unspecified atom stereocenters. The summed E-state index contributed by atoms with van der Waals surface area (Å²) in [5.41, 5.74) is 1.42. The molecule has 142 valence electrons. The predicted octanol–water partition coefficient (Wildman–Crippen LogP) is 1.98. The van der Waals surface area contributed by atoms with E-state index < -0.39 is 0 Å². The number of carbonyl (C=O) groups excluding carboxylic acids is 2. The van der Waals surface area contributed by atoms with Gasteiger partial charge in [-0.25, -0.2) is 0 Å². The van der Waals surface area contributed by atoms with Gasteiger partial charge in [-0.2, -0.15) is 0 Å². The summed E-state index contributed by atoms with van der Waals surface area (Å²) in [5.74, 6) is 1.48. The van der Waals surface area contributed by atoms with Gasteiger partial charge in [0.1, 0.15) is 12.4 Å². The van der Waals surface area contributed by atoms with Crippen LogP contribution in [0, 0.1) is 11.8 Å². The van der Waals surface area contributed by atoms with Crippen LogP contribution < -0.4 is 10.1 Å². The van der Waals surface area contributed by atoms with E-state index in [9.17, 15) is 9.59 Å². The number of methoxy groups -OCH3 is 1. The number of likely N-dealkylation sites (tertiary alicyclic amines) is 1. The standard InChI is InChI=1S/C21H24N2O4/c1-26-13-20(24)23-11-17(14-6-7-14)18(12-23)22-21(25)16-8-9-27-19-5-3-2-4-15(19)10-16/h2-5,8-10,14,17-18H,6-7,11-13H2,1H3,(H,22,25)/t17-,18+/m1/s1. The number of benzene rings is 1. The quantitative estimate of drug-likeness (QED) is 0.863. The van der Waals surface area contributed by atoms with E-state index in [-0.39, 0.29) is 24.5 Å². The minimum Gasteiger partial charge on any atom is -0.464 e. The average molecular weight is 368 g/mol. The molecular weight excluding hydrogens is 344 g/mol. The van der Waals surface area contributed by atoms with Gasteiger partial charge in [-0.05, 0) is 37.0 Å². The van der Waals surface area contributed by atoms with Crippen molar-refractivity contribution >= 4 is 17.9 Å². The van der Waals surface area contributed by atoms with Crippen molar-refractivity contribution in [2.24, 2.45) is 11.8 Å². The Morgan fingerprint density at radius 3 is 2.85 bits per heavy atom. The number of ether oxygens (including phenoxy) is 2. The van der Waals surface area contributed by atoms with Crippen molar-refractivity contribution in [1.82, 2.24) is 10.2 Å². The van der Waals surface area contributed by atoms with Gasteiger partial charge < -0.3 is 19.7 Å². The summed E-state index contributed by atoms with van der Waals surface area (Å²) in [6.45, 7) is 1.32. The molecule has 0 radical (unpaired) electrons. The van der Waals surface area contributed by atoms with Gasteiger partial charge >= 0.3 is 0 Å². The van der Waals surface area contributed by atoms with E-state index in [0.717, 1.165) is 11.3 Å². The second-order valence-electron chi connectivity index (χ2n) is 7.37. The van der Waals surface area contributed by atoms with Gasteiger partial charge in [-0.1, -0.05) is 18.2 Å². The van der Waals surface area contributed by atoms with Crippen molar-refractivity contribution in [3.8, 4) is 5.75 Å². The third-order valence-corrected chi connectivity index (χ3v) is 5.46. The lowest BCUT2D eigenvalue weighted by Gasteiger charge is -2.19. The molecule has 2 aliphatic heterocycles. The van der Waals surface area contributed by atoms with Crippen LogP contribution in [0.1, 0.15) is 18.4 Å². The van der Waals surface area contributed by atoms with Crippen molar-refractivity contribution < 1.29 is 19.1 Å². The maximum absolute atomic E-state index is 12.9. The zero-order valence-electron chi connectivity index (χ0n) is 15.4. The van der Waals surface area contributed by atoms with Crippen LogP contribution >= 0.6 is 0 Å². The van der Waals surface area contributed by atoms with Gasteiger partial charge in [-0.15, -0.1) is 0 Å². The molecule has 4 rings (SSSR count). The summed E-state index contributed by atoms with van der Waals surface area (Å²) in [6.07, 6.45) is 7.41. The third-order valence-electron chi connectivity index (χ3n) is 5.46. The van der Waals surface area contributed by atoms with Crippen LogP contribution in [0.25, 0.3) is 6.08 Å². The SMILES string of the molecule is COCC(=O)N1C[C@H](NC(=O)C2=Cc3ccccc3OC=C2)[C@@H](C2CC2)C1. The molecule has 1 aromatic rings. The van der Waals surface area contributed by atoms with Crippen LogP contribution in [0.2, 0.25) is 0 Å². The number of para-hydroxylation sites is 1. The highest BCUT2D eigenvalue weighted by Gasteiger charge is 2.44. The molecule has 1 aromatic carbocycles. The summed E-state index contributed by atoms with van der Waals surface area (Å²) in [6, 6.07) is 7.58. The fourth-order valence-electron chi connectivity index (χ4n) is 3.90. The molecule has 27 heavy (non-hydrogen) atoms. The molecule has 0 aromatic heterocycles. The van der Waals surface area contributed by atoms with Crippen LogP contribution in [0.3, 0.4) is 0 Å². The molecule has 6 nitrogen and oxygen atoms in total. The third kappa shape index (κ3) is 3.90. The lowest BCUT2D eigenvalue weighted by atomic mass is 9.97. The molecule has 1 saturated carbocycles. The smallest absolute Gasteiger partial charge is 0.251 e. The molecule has 1 N–H and O–H groups in total. The second-order valence-corrected chi connectivity index (χ2v) is 7.37. The first kappa shape index (κ1) is 17.8. The van der Waals surface area contributed by atoms with Crippen molar-refractivity contribution in [2.45, 2.75) is 18.9 Å². The molecule has 2 atom stereocenters. The van der Waals surface area contributed by atoms with Gasteiger partial charge in [0.05, 0.1) is 12.3 Å². The fraction of sp³-hybridized carbons (Fsp3) is 0.429. The van der Waals surface area contributed by atoms with Crippen LogP contribution in [-0.2, 0) is 14.3 Å². The summed E-state index contributed by atoms with van der Waals surface area (Å²) >= 11 is 0. The average Bonchev–Trinajstić information content (AvgIpc) is 3.45. The van der Waals surface area contributed by atoms with Crippen LogP contribution in [-0.4, -0.2) is 49.6 Å². The highest BCUT2D eigenvalue weighted by Crippen LogP contribution is 2.41. The topological polar surface area (TPSA) is 67.9 Å². The fourth-order valence-corrected chi connectivity index (χ4v) is 3.90. The van der Waals surface area contributed by atoms with Gasteiger partial charge in [0, 0.05) is 37.3 Å². The lowest BCUT2D eigenvalue weighted by molar-refractivity contribution is -0.134. The Balaban J connectivity index is 1.48. The van der Waals surface area contributed by atoms with E-state index in [4.69, 9.17) is 9.47 Å². The Bertz CT molecular complexity index is 797. The molecule has 2 fully saturated rings. The molecule has 1 saturated heterocycles. The Kier molecular flexibility index (Phi) is 4.99. The molecule has 0 spiro atoms. The first-order valence-electron chi connectivity index (χ1n) is 9.37. The molecule has 6 heteroatoms. The number of nitrogens with one attached hydrogen (secondary N) is 1. The number of carbonyl (C=O) groups is 2. The van der Waals surface area contributed by atoms with E-state index in [1.165, 1.54) is 20.0 Å². The van der Waals surface area contributed by atoms with Crippen molar-refractivity contribution in [1.29, 1.82) is 0 Å². The molecular formula is C21H24N2O4. The zero-order valence-corrected chi connectivity index (χ0v) is 15.4. The van der Waals surface area contributed by atoms with Crippen molar-refractivity contribution in [3.05, 3.63) is 47.7 Å². The normalized spacial score (nSPS) is 23.9. The molecule has 2 heterocycles. The summed E-state index contributed by atoms with van der Waals surface area (Å²) in [5, 5.41) is 3.16. The number of nitrogens with zero attached hydrogens (tertiary/aromatic N) is 1. The monoisotopic (exact) mass is 368 g/mol. The van der Waals surface area contributed by atoms with Gasteiger partial charge in [0.15, 0.2) is 0 Å². The Labute approximate surface area is 158 Å². The summed E-state index contributed by atoms with van der Waals surface area (Å²) in [4.78, 5) is 26.9. The number of fused-ring (bicyclic) bond motifs is 1. The number of hydrogen-bond acceptors (Lipinski definition) is 4. The highest BCUT2D eigenvalue weighted by atomic mass is 16.5. The zero-order chi connectivity index (χ0) is 18.8. The van der Waals surface area contributed by atoms with Crippen molar-refractivity contribution in [3.63, 3.8) is 0 Å². The maximum Gasteiger partial charge on any atom is 0.251 e. The van der Waals surface area contributed by atoms with Gasteiger partial charge in [0.2, 0.25) is 5.91 Å². The van der Waals surface area contributed by atoms with Crippen molar-refractivity contribution in [2.75, 3.05) is 26.8 Å². The number of hydrogen-bond donors (Lipinski definition) is 1. The van der Waals surface area contributed by atoms with Gasteiger partial charge in [0.25, 0.3) is 5.91 Å². The Morgan fingerprint density at radius 2 is 2.07 bits per heavy atom. The Hall–Kier alpha value is -2.60. The van der Waals surface area contributed by atoms with Gasteiger partial charge in [-0.3, -0.25) is 9.59 Å². The Morgan fingerprint density at radius 1 is 1.26 bits per heavy atom. The van der Waals surface area contributed by atoms with Crippen LogP contribution in [0.5, 0.6) is 5.75 Å². The molecule has 2 amide bonds. The minimum absolute atomic E-state index is 0.0178. The van der Waals surface area contributed by atoms with E-state index in [0.29, 0.717) is 30.5 Å². The first-order valence-corrected chi connectivity index (χ1v) is 9.37. The lowest BCUT2D eigenvalue weighted by Crippen LogP contribution is -2.42. The second kappa shape index (κ2) is 7.56. The maximum atomic E-state index is 12.9. The number of rotatable bonds is 5. The van der Waals surface area contributed by atoms with Crippen LogP contribution in [0.4, 0.5) is 0 Å². The summed E-state index contributed by atoms with van der Waals surface area (Å²) < 4.78 is 10.5.